The number of carboxylic acid groups (broad SMARTS) is 1. The van der Waals surface area contributed by atoms with Crippen molar-refractivity contribution in [3.63, 3.8) is 0 Å². The van der Waals surface area contributed by atoms with Gasteiger partial charge < -0.3 is 10.0 Å². The molecule has 0 aromatic carbocycles. The molecule has 1 saturated heterocycles. The molecule has 86 valence electrons. The van der Waals surface area contributed by atoms with E-state index in [-0.39, 0.29) is 5.56 Å². The summed E-state index contributed by atoms with van der Waals surface area (Å²) in [6.45, 7) is 0. The number of aromatic carboxylic acids is 1. The number of thioether (sulfide) groups is 1. The highest BCUT2D eigenvalue weighted by Crippen LogP contribution is 2.26. The van der Waals surface area contributed by atoms with Gasteiger partial charge in [-0.15, -0.1) is 0 Å². The maximum absolute atomic E-state index is 11.1. The zero-order valence-electron chi connectivity index (χ0n) is 9.09. The van der Waals surface area contributed by atoms with E-state index in [9.17, 15) is 4.79 Å². The summed E-state index contributed by atoms with van der Waals surface area (Å²) < 4.78 is 0. The molecule has 0 unspecified atom stereocenters. The van der Waals surface area contributed by atoms with Crippen molar-refractivity contribution in [3.05, 3.63) is 23.9 Å². The molecule has 0 bridgehead atoms. The van der Waals surface area contributed by atoms with Crippen LogP contribution in [0, 0.1) is 0 Å². The van der Waals surface area contributed by atoms with Gasteiger partial charge in [-0.3, -0.25) is 0 Å². The topological polar surface area (TPSA) is 53.4 Å². The lowest BCUT2D eigenvalue weighted by molar-refractivity contribution is 0.0697. The Labute approximate surface area is 98.7 Å². The number of carbonyl (C=O) groups is 1. The summed E-state index contributed by atoms with van der Waals surface area (Å²) in [6.07, 6.45) is 2.73. The standard InChI is InChI=1S/C11H14N2O2S/c1-13(8-4-6-16-7-8)10-9(11(14)15)3-2-5-12-10/h2-3,5,8H,4,6-7H2,1H3,(H,14,15)/t8-/m0/s1. The molecule has 0 spiro atoms. The third-order valence-electron chi connectivity index (χ3n) is 2.80. The van der Waals surface area contributed by atoms with Gasteiger partial charge in [0.25, 0.3) is 0 Å². The molecule has 1 aromatic heterocycles. The number of aromatic nitrogens is 1. The van der Waals surface area contributed by atoms with E-state index in [4.69, 9.17) is 5.11 Å². The Morgan fingerprint density at radius 2 is 2.50 bits per heavy atom. The minimum Gasteiger partial charge on any atom is -0.478 e. The van der Waals surface area contributed by atoms with E-state index in [2.05, 4.69) is 4.98 Å². The third-order valence-corrected chi connectivity index (χ3v) is 3.95. The molecule has 4 nitrogen and oxygen atoms in total. The fourth-order valence-corrected chi connectivity index (χ4v) is 3.11. The van der Waals surface area contributed by atoms with Crippen molar-refractivity contribution >= 4 is 23.5 Å². The Morgan fingerprint density at radius 3 is 3.12 bits per heavy atom. The van der Waals surface area contributed by atoms with Crippen LogP contribution in [-0.2, 0) is 0 Å². The van der Waals surface area contributed by atoms with Crippen LogP contribution in [0.1, 0.15) is 16.8 Å². The SMILES string of the molecule is CN(c1ncccc1C(=O)O)[C@H]1CCSC1. The molecule has 0 aliphatic carbocycles. The van der Waals surface area contributed by atoms with Crippen LogP contribution in [0.4, 0.5) is 5.82 Å². The van der Waals surface area contributed by atoms with E-state index in [1.165, 1.54) is 0 Å². The van der Waals surface area contributed by atoms with Gasteiger partial charge in [0.05, 0.1) is 0 Å². The molecule has 0 saturated carbocycles. The fraction of sp³-hybridized carbons (Fsp3) is 0.455. The van der Waals surface area contributed by atoms with E-state index in [0.717, 1.165) is 17.9 Å². The fourth-order valence-electron chi connectivity index (χ4n) is 1.85. The molecule has 0 amide bonds. The van der Waals surface area contributed by atoms with Crippen LogP contribution in [0.3, 0.4) is 0 Å². The molecule has 1 aliphatic heterocycles. The van der Waals surface area contributed by atoms with Gasteiger partial charge in [-0.05, 0) is 24.3 Å². The summed E-state index contributed by atoms with van der Waals surface area (Å²) in [4.78, 5) is 17.2. The molecule has 16 heavy (non-hydrogen) atoms. The second-order valence-electron chi connectivity index (χ2n) is 3.81. The molecule has 1 aliphatic rings. The minimum absolute atomic E-state index is 0.280. The number of carboxylic acids is 1. The summed E-state index contributed by atoms with van der Waals surface area (Å²) in [6, 6.07) is 3.66. The van der Waals surface area contributed by atoms with E-state index in [1.54, 1.807) is 18.3 Å². The zero-order chi connectivity index (χ0) is 11.5. The van der Waals surface area contributed by atoms with Gasteiger partial charge in [-0.25, -0.2) is 9.78 Å². The average molecular weight is 238 g/mol. The van der Waals surface area contributed by atoms with Gasteiger partial charge in [0.2, 0.25) is 0 Å². The predicted octanol–water partition coefficient (Wildman–Crippen LogP) is 1.72. The molecular weight excluding hydrogens is 224 g/mol. The summed E-state index contributed by atoms with van der Waals surface area (Å²) in [7, 11) is 1.92. The summed E-state index contributed by atoms with van der Waals surface area (Å²) in [5.74, 6) is 1.85. The number of anilines is 1. The number of pyridine rings is 1. The lowest BCUT2D eigenvalue weighted by atomic mass is 10.2. The molecule has 2 rings (SSSR count). The molecule has 0 radical (unpaired) electrons. The van der Waals surface area contributed by atoms with Crippen LogP contribution >= 0.6 is 11.8 Å². The second-order valence-corrected chi connectivity index (χ2v) is 4.96. The van der Waals surface area contributed by atoms with Crippen molar-refractivity contribution in [2.45, 2.75) is 12.5 Å². The summed E-state index contributed by atoms with van der Waals surface area (Å²) in [5, 5.41) is 9.09. The smallest absolute Gasteiger partial charge is 0.339 e. The van der Waals surface area contributed by atoms with Gasteiger partial charge in [0.15, 0.2) is 0 Å². The summed E-state index contributed by atoms with van der Waals surface area (Å²) in [5.41, 5.74) is 0.280. The number of hydrogen-bond donors (Lipinski definition) is 1. The predicted molar refractivity (Wildman–Crippen MR) is 65.3 cm³/mol. The first-order valence-corrected chi connectivity index (χ1v) is 6.34. The number of hydrogen-bond acceptors (Lipinski definition) is 4. The maximum Gasteiger partial charge on any atom is 0.339 e. The first-order valence-electron chi connectivity index (χ1n) is 5.19. The first kappa shape index (κ1) is 11.3. The van der Waals surface area contributed by atoms with Crippen LogP contribution < -0.4 is 4.90 Å². The molecule has 1 fully saturated rings. The van der Waals surface area contributed by atoms with Crippen molar-refractivity contribution < 1.29 is 9.90 Å². The van der Waals surface area contributed by atoms with Crippen LogP contribution in [0.25, 0.3) is 0 Å². The van der Waals surface area contributed by atoms with Crippen LogP contribution in [0.2, 0.25) is 0 Å². The highest BCUT2D eigenvalue weighted by Gasteiger charge is 2.24. The van der Waals surface area contributed by atoms with E-state index < -0.39 is 5.97 Å². The minimum atomic E-state index is -0.916. The molecular formula is C11H14N2O2S. The van der Waals surface area contributed by atoms with Crippen molar-refractivity contribution in [1.29, 1.82) is 0 Å². The van der Waals surface area contributed by atoms with Gasteiger partial charge in [-0.1, -0.05) is 0 Å². The Balaban J connectivity index is 2.27. The number of rotatable bonds is 3. The van der Waals surface area contributed by atoms with Gasteiger partial charge in [-0.2, -0.15) is 11.8 Å². The highest BCUT2D eigenvalue weighted by atomic mass is 32.2. The lowest BCUT2D eigenvalue weighted by Gasteiger charge is -2.25. The maximum atomic E-state index is 11.1. The third kappa shape index (κ3) is 2.14. The van der Waals surface area contributed by atoms with Gasteiger partial charge in [0.1, 0.15) is 11.4 Å². The van der Waals surface area contributed by atoms with Crippen LogP contribution in [0.5, 0.6) is 0 Å². The van der Waals surface area contributed by atoms with Gasteiger partial charge >= 0.3 is 5.97 Å². The second kappa shape index (κ2) is 4.74. The molecule has 5 heteroatoms. The van der Waals surface area contributed by atoms with Gasteiger partial charge in [0, 0.05) is 25.0 Å². The highest BCUT2D eigenvalue weighted by molar-refractivity contribution is 7.99. The van der Waals surface area contributed by atoms with Crippen molar-refractivity contribution in [3.8, 4) is 0 Å². The van der Waals surface area contributed by atoms with Crippen molar-refractivity contribution in [1.82, 2.24) is 4.98 Å². The quantitative estimate of drug-likeness (QED) is 0.869. The average Bonchev–Trinajstić information content (AvgIpc) is 2.81. The first-order chi connectivity index (χ1) is 7.70. The largest absolute Gasteiger partial charge is 0.478 e. The number of nitrogens with zero attached hydrogens (tertiary/aromatic N) is 2. The lowest BCUT2D eigenvalue weighted by Crippen LogP contribution is -2.33. The van der Waals surface area contributed by atoms with E-state index in [0.29, 0.717) is 11.9 Å². The van der Waals surface area contributed by atoms with E-state index >= 15 is 0 Å². The van der Waals surface area contributed by atoms with E-state index in [1.807, 2.05) is 23.7 Å². The Kier molecular flexibility index (Phi) is 3.33. The molecule has 1 atom stereocenters. The van der Waals surface area contributed by atoms with Crippen molar-refractivity contribution in [2.24, 2.45) is 0 Å². The molecule has 1 aromatic rings. The van der Waals surface area contributed by atoms with Crippen LogP contribution in [-0.4, -0.2) is 40.7 Å². The summed E-state index contributed by atoms with van der Waals surface area (Å²) >= 11 is 1.90. The van der Waals surface area contributed by atoms with Crippen molar-refractivity contribution in [2.75, 3.05) is 23.5 Å². The normalized spacial score (nSPS) is 19.7. The Bertz CT molecular complexity index is 391. The Morgan fingerprint density at radius 1 is 1.69 bits per heavy atom. The zero-order valence-corrected chi connectivity index (χ0v) is 9.91. The Hall–Kier alpha value is -1.23. The molecule has 1 N–H and O–H groups in total. The molecule has 2 heterocycles. The van der Waals surface area contributed by atoms with Crippen LogP contribution in [0.15, 0.2) is 18.3 Å². The monoisotopic (exact) mass is 238 g/mol.